The van der Waals surface area contributed by atoms with Crippen LogP contribution >= 0.6 is 15.9 Å². The molecule has 1 rings (SSSR count). The molecular weight excluding hydrogens is 292 g/mol. The zero-order valence-electron chi connectivity index (χ0n) is 9.32. The molecule has 0 heterocycles. The van der Waals surface area contributed by atoms with Crippen molar-refractivity contribution in [2.75, 3.05) is 14.2 Å². The predicted molar refractivity (Wildman–Crippen MR) is 63.8 cm³/mol. The van der Waals surface area contributed by atoms with Crippen molar-refractivity contribution in [3.8, 4) is 11.5 Å². The molecule has 0 fully saturated rings. The topological polar surface area (TPSA) is 72.8 Å². The fourth-order valence-electron chi connectivity index (χ4n) is 1.40. The molecule has 1 aromatic rings. The summed E-state index contributed by atoms with van der Waals surface area (Å²) in [7, 11) is 2.80. The van der Waals surface area contributed by atoms with Gasteiger partial charge in [-0.2, -0.15) is 0 Å². The Hall–Kier alpha value is -1.56. The van der Waals surface area contributed by atoms with Crippen LogP contribution in [0.15, 0.2) is 16.6 Å². The number of Topliss-reactive ketones (excluding diaryl/α,β-unsaturated/α-hetero) is 1. The molecule has 0 aliphatic rings. The highest BCUT2D eigenvalue weighted by Gasteiger charge is 2.22. The molecule has 0 atom stereocenters. The van der Waals surface area contributed by atoms with E-state index in [-0.39, 0.29) is 17.1 Å². The lowest BCUT2D eigenvalue weighted by Crippen LogP contribution is -2.10. The molecule has 0 aliphatic heterocycles. The second-order valence-corrected chi connectivity index (χ2v) is 4.01. The van der Waals surface area contributed by atoms with E-state index in [1.807, 2.05) is 0 Å². The van der Waals surface area contributed by atoms with E-state index in [1.165, 1.54) is 14.2 Å². The van der Waals surface area contributed by atoms with Gasteiger partial charge in [0.1, 0.15) is 23.5 Å². The van der Waals surface area contributed by atoms with E-state index in [0.29, 0.717) is 4.47 Å². The van der Waals surface area contributed by atoms with E-state index in [4.69, 9.17) is 14.6 Å². The summed E-state index contributed by atoms with van der Waals surface area (Å²) in [6.45, 7) is 0. The van der Waals surface area contributed by atoms with E-state index >= 15 is 0 Å². The Kier molecular flexibility index (Phi) is 4.51. The third-order valence-electron chi connectivity index (χ3n) is 2.09. The van der Waals surface area contributed by atoms with Crippen molar-refractivity contribution < 1.29 is 24.2 Å². The zero-order chi connectivity index (χ0) is 13.0. The maximum atomic E-state index is 11.8. The van der Waals surface area contributed by atoms with Gasteiger partial charge in [0.05, 0.1) is 18.7 Å². The second-order valence-electron chi connectivity index (χ2n) is 3.15. The fraction of sp³-hybridized carbons (Fsp3) is 0.273. The van der Waals surface area contributed by atoms with Gasteiger partial charge in [-0.05, 0) is 28.1 Å². The number of carbonyl (C=O) groups excluding carboxylic acids is 1. The molecule has 5 nitrogen and oxygen atoms in total. The lowest BCUT2D eigenvalue weighted by molar-refractivity contribution is -0.135. The minimum absolute atomic E-state index is 0.131. The maximum absolute atomic E-state index is 11.8. The Morgan fingerprint density at radius 1 is 1.29 bits per heavy atom. The van der Waals surface area contributed by atoms with E-state index in [1.54, 1.807) is 12.1 Å². The van der Waals surface area contributed by atoms with Crippen molar-refractivity contribution in [3.63, 3.8) is 0 Å². The van der Waals surface area contributed by atoms with Crippen LogP contribution in [0, 0.1) is 0 Å². The summed E-state index contributed by atoms with van der Waals surface area (Å²) in [6.07, 6.45) is -0.608. The average molecular weight is 303 g/mol. The quantitative estimate of drug-likeness (QED) is 0.666. The number of aliphatic carboxylic acids is 1. The van der Waals surface area contributed by atoms with E-state index in [2.05, 4.69) is 15.9 Å². The van der Waals surface area contributed by atoms with Crippen molar-refractivity contribution in [2.24, 2.45) is 0 Å². The molecule has 1 N–H and O–H groups in total. The minimum Gasteiger partial charge on any atom is -0.496 e. The lowest BCUT2D eigenvalue weighted by atomic mass is 10.1. The normalized spacial score (nSPS) is 9.82. The first kappa shape index (κ1) is 13.5. The highest BCUT2D eigenvalue weighted by Crippen LogP contribution is 2.36. The molecular formula is C11H11BrO5. The molecule has 0 bridgehead atoms. The Morgan fingerprint density at radius 2 is 1.94 bits per heavy atom. The summed E-state index contributed by atoms with van der Waals surface area (Å²) in [4.78, 5) is 22.4. The Morgan fingerprint density at radius 3 is 2.41 bits per heavy atom. The van der Waals surface area contributed by atoms with Crippen LogP contribution in [0.1, 0.15) is 16.8 Å². The Bertz CT molecular complexity index is 455. The molecule has 0 unspecified atom stereocenters. The highest BCUT2D eigenvalue weighted by atomic mass is 79.9. The number of carboxylic acid groups (broad SMARTS) is 1. The maximum Gasteiger partial charge on any atom is 0.311 e. The predicted octanol–water partition coefficient (Wildman–Crippen LogP) is 2.12. The van der Waals surface area contributed by atoms with Crippen molar-refractivity contribution in [1.82, 2.24) is 0 Å². The fourth-order valence-corrected chi connectivity index (χ4v) is 1.89. The van der Waals surface area contributed by atoms with Gasteiger partial charge in [-0.3, -0.25) is 9.59 Å². The molecule has 1 aromatic carbocycles. The number of ether oxygens (including phenoxy) is 2. The SMILES string of the molecule is COc1ccc(Br)c(OC)c1C(=O)CC(=O)O. The number of halogens is 1. The second kappa shape index (κ2) is 5.67. The number of benzene rings is 1. The number of methoxy groups -OCH3 is 2. The number of hydrogen-bond donors (Lipinski definition) is 1. The van der Waals surface area contributed by atoms with E-state index in [0.717, 1.165) is 0 Å². The van der Waals surface area contributed by atoms with Crippen molar-refractivity contribution in [3.05, 3.63) is 22.2 Å². The summed E-state index contributed by atoms with van der Waals surface area (Å²) in [5, 5.41) is 8.63. The first-order chi connectivity index (χ1) is 8.01. The summed E-state index contributed by atoms with van der Waals surface area (Å²) < 4.78 is 10.7. The van der Waals surface area contributed by atoms with Gasteiger partial charge >= 0.3 is 5.97 Å². The monoisotopic (exact) mass is 302 g/mol. The van der Waals surface area contributed by atoms with Gasteiger partial charge in [0.15, 0.2) is 5.78 Å². The molecule has 0 amide bonds. The first-order valence-corrected chi connectivity index (χ1v) is 5.46. The van der Waals surface area contributed by atoms with Gasteiger partial charge in [-0.25, -0.2) is 0 Å². The highest BCUT2D eigenvalue weighted by molar-refractivity contribution is 9.10. The average Bonchev–Trinajstić information content (AvgIpc) is 2.27. The van der Waals surface area contributed by atoms with Crippen molar-refractivity contribution >= 4 is 27.7 Å². The third kappa shape index (κ3) is 2.97. The smallest absolute Gasteiger partial charge is 0.311 e. The number of carbonyl (C=O) groups is 2. The van der Waals surface area contributed by atoms with Gasteiger partial charge in [0.25, 0.3) is 0 Å². The van der Waals surface area contributed by atoms with Crippen LogP contribution in [0.5, 0.6) is 11.5 Å². The summed E-state index contributed by atoms with van der Waals surface area (Å²) in [6, 6.07) is 3.23. The molecule has 92 valence electrons. The van der Waals surface area contributed by atoms with Crippen LogP contribution in [-0.2, 0) is 4.79 Å². The van der Waals surface area contributed by atoms with Crippen molar-refractivity contribution in [2.45, 2.75) is 6.42 Å². The van der Waals surface area contributed by atoms with Crippen LogP contribution in [0.3, 0.4) is 0 Å². The Balaban J connectivity index is 3.31. The van der Waals surface area contributed by atoms with Crippen LogP contribution in [0.2, 0.25) is 0 Å². The number of carboxylic acids is 1. The number of hydrogen-bond acceptors (Lipinski definition) is 4. The molecule has 6 heteroatoms. The molecule has 0 aromatic heterocycles. The third-order valence-corrected chi connectivity index (χ3v) is 2.71. The van der Waals surface area contributed by atoms with Gasteiger partial charge in [-0.15, -0.1) is 0 Å². The molecule has 0 spiro atoms. The summed E-state index contributed by atoms with van der Waals surface area (Å²) in [5.74, 6) is -1.20. The largest absolute Gasteiger partial charge is 0.496 e. The first-order valence-electron chi connectivity index (χ1n) is 4.66. The molecule has 0 saturated heterocycles. The van der Waals surface area contributed by atoms with Gasteiger partial charge in [0, 0.05) is 0 Å². The summed E-state index contributed by atoms with van der Waals surface area (Å²) >= 11 is 3.22. The van der Waals surface area contributed by atoms with Gasteiger partial charge in [0.2, 0.25) is 0 Å². The zero-order valence-corrected chi connectivity index (χ0v) is 10.9. The van der Waals surface area contributed by atoms with Gasteiger partial charge < -0.3 is 14.6 Å². The number of rotatable bonds is 5. The standard InChI is InChI=1S/C11H11BrO5/c1-16-8-4-3-6(12)11(17-2)10(8)7(13)5-9(14)15/h3-4H,5H2,1-2H3,(H,14,15). The molecule has 0 saturated carbocycles. The van der Waals surface area contributed by atoms with E-state index in [9.17, 15) is 9.59 Å². The van der Waals surface area contributed by atoms with Gasteiger partial charge in [-0.1, -0.05) is 0 Å². The van der Waals surface area contributed by atoms with Crippen LogP contribution < -0.4 is 9.47 Å². The van der Waals surface area contributed by atoms with Crippen molar-refractivity contribution in [1.29, 1.82) is 0 Å². The molecule has 0 aliphatic carbocycles. The minimum atomic E-state index is -1.20. The van der Waals surface area contributed by atoms with Crippen LogP contribution in [0.25, 0.3) is 0 Å². The molecule has 17 heavy (non-hydrogen) atoms. The summed E-state index contributed by atoms with van der Waals surface area (Å²) in [5.41, 5.74) is 0.131. The lowest BCUT2D eigenvalue weighted by Gasteiger charge is -2.12. The Labute approximate surface area is 106 Å². The van der Waals surface area contributed by atoms with E-state index < -0.39 is 18.2 Å². The molecule has 0 radical (unpaired) electrons. The number of ketones is 1. The van der Waals surface area contributed by atoms with Crippen LogP contribution in [-0.4, -0.2) is 31.1 Å². The van der Waals surface area contributed by atoms with Crippen LogP contribution in [0.4, 0.5) is 0 Å².